The zero-order valence-electron chi connectivity index (χ0n) is 8.74. The number of nitrogens with two attached hydrogens (primary N) is 1. The molecular formula is C9H16N4O. The van der Waals surface area contributed by atoms with Gasteiger partial charge in [0.1, 0.15) is 6.04 Å². The number of hydrogen-bond acceptors (Lipinski definition) is 3. The fraction of sp³-hybridized carbons (Fsp3) is 0.556. The molecule has 14 heavy (non-hydrogen) atoms. The Labute approximate surface area is 83.3 Å². The molecule has 5 heteroatoms. The maximum atomic E-state index is 10.8. The average Bonchev–Trinajstić information content (AvgIpc) is 2.45. The third-order valence-electron chi connectivity index (χ3n) is 2.04. The Hall–Kier alpha value is -1.52. The van der Waals surface area contributed by atoms with Crippen molar-refractivity contribution in [3.05, 3.63) is 11.9 Å². The lowest BCUT2D eigenvalue weighted by Gasteiger charge is -2.10. The number of carbonyl (C=O) groups excluding carboxylic acids is 1. The van der Waals surface area contributed by atoms with E-state index >= 15 is 0 Å². The molecule has 1 unspecified atom stereocenters. The van der Waals surface area contributed by atoms with Crippen LogP contribution in [0.1, 0.15) is 19.5 Å². The number of carbonyl (C=O) groups is 1. The average molecular weight is 196 g/mol. The number of aromatic nitrogens is 2. The largest absolute Gasteiger partial charge is 0.371 e. The third-order valence-corrected chi connectivity index (χ3v) is 2.04. The molecule has 0 aliphatic rings. The molecule has 1 atom stereocenters. The molecule has 1 aromatic rings. The Morgan fingerprint density at radius 1 is 1.79 bits per heavy atom. The van der Waals surface area contributed by atoms with Crippen LogP contribution in [0, 0.1) is 0 Å². The van der Waals surface area contributed by atoms with E-state index < -0.39 is 0 Å². The lowest BCUT2D eigenvalue weighted by Crippen LogP contribution is -2.32. The quantitative estimate of drug-likeness (QED) is 0.726. The van der Waals surface area contributed by atoms with Crippen LogP contribution in [0.2, 0.25) is 0 Å². The summed E-state index contributed by atoms with van der Waals surface area (Å²) in [5, 5.41) is 7.27. The van der Waals surface area contributed by atoms with Crippen LogP contribution in [0.5, 0.6) is 0 Å². The minimum absolute atomic E-state index is 0.365. The van der Waals surface area contributed by atoms with Crippen molar-refractivity contribution in [2.75, 3.05) is 5.32 Å². The Morgan fingerprint density at radius 2 is 2.43 bits per heavy atom. The van der Waals surface area contributed by atoms with Crippen molar-refractivity contribution in [3.8, 4) is 0 Å². The number of hydrogen-bond donors (Lipinski definition) is 2. The molecule has 0 fully saturated rings. The van der Waals surface area contributed by atoms with Gasteiger partial charge >= 0.3 is 0 Å². The molecule has 78 valence electrons. The molecule has 1 amide bonds. The van der Waals surface area contributed by atoms with Gasteiger partial charge in [-0.05, 0) is 13.3 Å². The van der Waals surface area contributed by atoms with Gasteiger partial charge in [-0.25, -0.2) is 0 Å². The predicted molar refractivity (Wildman–Crippen MR) is 54.9 cm³/mol. The second-order valence-electron chi connectivity index (χ2n) is 3.29. The molecule has 1 aromatic heterocycles. The van der Waals surface area contributed by atoms with E-state index in [2.05, 4.69) is 10.4 Å². The summed E-state index contributed by atoms with van der Waals surface area (Å²) in [6.07, 6.45) is 2.67. The maximum Gasteiger partial charge on any atom is 0.239 e. The van der Waals surface area contributed by atoms with E-state index in [4.69, 9.17) is 5.73 Å². The normalized spacial score (nSPS) is 12.5. The van der Waals surface area contributed by atoms with Crippen LogP contribution in [0.3, 0.4) is 0 Å². The molecule has 0 saturated carbocycles. The van der Waals surface area contributed by atoms with Gasteiger partial charge in [0.05, 0.1) is 11.4 Å². The Bertz CT molecular complexity index is 332. The fourth-order valence-corrected chi connectivity index (χ4v) is 1.22. The van der Waals surface area contributed by atoms with Crippen LogP contribution in [-0.2, 0) is 18.3 Å². The molecule has 5 nitrogen and oxygen atoms in total. The van der Waals surface area contributed by atoms with Gasteiger partial charge in [0.2, 0.25) is 5.91 Å². The lowest BCUT2D eigenvalue weighted by atomic mass is 10.2. The molecule has 3 N–H and O–H groups in total. The highest BCUT2D eigenvalue weighted by Gasteiger charge is 2.12. The van der Waals surface area contributed by atoms with Gasteiger partial charge in [0, 0.05) is 13.2 Å². The van der Waals surface area contributed by atoms with Crippen LogP contribution >= 0.6 is 0 Å². The van der Waals surface area contributed by atoms with Crippen molar-refractivity contribution in [3.63, 3.8) is 0 Å². The number of anilines is 1. The Morgan fingerprint density at radius 3 is 2.93 bits per heavy atom. The molecule has 0 aliphatic heterocycles. The monoisotopic (exact) mass is 196 g/mol. The SMILES string of the molecule is CCc1nn(C)cc1NC(C)C(N)=O. The van der Waals surface area contributed by atoms with E-state index in [0.29, 0.717) is 0 Å². The van der Waals surface area contributed by atoms with E-state index in [0.717, 1.165) is 17.8 Å². The molecule has 0 aliphatic carbocycles. The number of nitrogens with one attached hydrogen (secondary N) is 1. The minimum atomic E-state index is -0.371. The summed E-state index contributed by atoms with van der Waals surface area (Å²) in [5.74, 6) is -0.365. The van der Waals surface area contributed by atoms with E-state index in [1.807, 2.05) is 20.2 Å². The molecule has 1 heterocycles. The first-order valence-corrected chi connectivity index (χ1v) is 4.63. The fourth-order valence-electron chi connectivity index (χ4n) is 1.22. The van der Waals surface area contributed by atoms with Crippen molar-refractivity contribution >= 4 is 11.6 Å². The molecule has 0 bridgehead atoms. The summed E-state index contributed by atoms with van der Waals surface area (Å²) in [6, 6.07) is -0.371. The van der Waals surface area contributed by atoms with Gasteiger partial charge < -0.3 is 11.1 Å². The van der Waals surface area contributed by atoms with E-state index in [-0.39, 0.29) is 11.9 Å². The smallest absolute Gasteiger partial charge is 0.239 e. The Kier molecular flexibility index (Phi) is 3.11. The van der Waals surface area contributed by atoms with Crippen LogP contribution in [-0.4, -0.2) is 21.7 Å². The van der Waals surface area contributed by atoms with E-state index in [9.17, 15) is 4.79 Å². The molecule has 0 radical (unpaired) electrons. The zero-order chi connectivity index (χ0) is 10.7. The highest BCUT2D eigenvalue weighted by atomic mass is 16.1. The second-order valence-corrected chi connectivity index (χ2v) is 3.29. The number of primary amides is 1. The summed E-state index contributed by atoms with van der Waals surface area (Å²) >= 11 is 0. The minimum Gasteiger partial charge on any atom is -0.371 e. The van der Waals surface area contributed by atoms with Crippen molar-refractivity contribution in [2.24, 2.45) is 12.8 Å². The Balaban J connectivity index is 2.79. The van der Waals surface area contributed by atoms with E-state index in [1.54, 1.807) is 11.6 Å². The first kappa shape index (κ1) is 10.6. The van der Waals surface area contributed by atoms with Gasteiger partial charge in [-0.15, -0.1) is 0 Å². The van der Waals surface area contributed by atoms with Crippen LogP contribution in [0.25, 0.3) is 0 Å². The number of nitrogens with zero attached hydrogens (tertiary/aromatic N) is 2. The number of aryl methyl sites for hydroxylation is 2. The van der Waals surface area contributed by atoms with Gasteiger partial charge in [-0.2, -0.15) is 5.10 Å². The predicted octanol–water partition coefficient (Wildman–Crippen LogP) is 0.268. The summed E-state index contributed by atoms with van der Waals surface area (Å²) in [7, 11) is 1.85. The topological polar surface area (TPSA) is 72.9 Å². The summed E-state index contributed by atoms with van der Waals surface area (Å²) in [5.41, 5.74) is 6.97. The van der Waals surface area contributed by atoms with Gasteiger partial charge in [-0.1, -0.05) is 6.92 Å². The molecule has 0 spiro atoms. The van der Waals surface area contributed by atoms with Gasteiger partial charge in [0.15, 0.2) is 0 Å². The molecule has 0 aromatic carbocycles. The van der Waals surface area contributed by atoms with Crippen molar-refractivity contribution in [1.82, 2.24) is 9.78 Å². The van der Waals surface area contributed by atoms with Crippen LogP contribution in [0.4, 0.5) is 5.69 Å². The molecule has 0 saturated heterocycles. The second kappa shape index (κ2) is 4.13. The lowest BCUT2D eigenvalue weighted by molar-refractivity contribution is -0.118. The summed E-state index contributed by atoms with van der Waals surface area (Å²) < 4.78 is 1.72. The standard InChI is InChI=1S/C9H16N4O/c1-4-7-8(5-13(3)12-7)11-6(2)9(10)14/h5-6,11H,4H2,1-3H3,(H2,10,14). The van der Waals surface area contributed by atoms with Gasteiger partial charge in [-0.3, -0.25) is 9.48 Å². The summed E-state index contributed by atoms with van der Waals surface area (Å²) in [6.45, 7) is 3.75. The zero-order valence-corrected chi connectivity index (χ0v) is 8.74. The first-order chi connectivity index (χ1) is 6.54. The highest BCUT2D eigenvalue weighted by Crippen LogP contribution is 2.14. The number of amides is 1. The van der Waals surface area contributed by atoms with Crippen molar-refractivity contribution < 1.29 is 4.79 Å². The van der Waals surface area contributed by atoms with Crippen molar-refractivity contribution in [2.45, 2.75) is 26.3 Å². The maximum absolute atomic E-state index is 10.8. The first-order valence-electron chi connectivity index (χ1n) is 4.63. The van der Waals surface area contributed by atoms with Crippen LogP contribution < -0.4 is 11.1 Å². The number of rotatable bonds is 4. The van der Waals surface area contributed by atoms with E-state index in [1.165, 1.54) is 0 Å². The highest BCUT2D eigenvalue weighted by molar-refractivity contribution is 5.82. The van der Waals surface area contributed by atoms with Crippen LogP contribution in [0.15, 0.2) is 6.20 Å². The van der Waals surface area contributed by atoms with Gasteiger partial charge in [0.25, 0.3) is 0 Å². The molecular weight excluding hydrogens is 180 g/mol. The van der Waals surface area contributed by atoms with Crippen molar-refractivity contribution in [1.29, 1.82) is 0 Å². The third kappa shape index (κ3) is 2.25. The summed E-state index contributed by atoms with van der Waals surface area (Å²) in [4.78, 5) is 10.8. The molecule has 1 rings (SSSR count).